The first kappa shape index (κ1) is 10.2. The van der Waals surface area contributed by atoms with Gasteiger partial charge in [0.1, 0.15) is 5.69 Å². The molecular weight excluding hydrogens is 230 g/mol. The molecule has 3 rings (SSSR count). The van der Waals surface area contributed by atoms with E-state index in [4.69, 9.17) is 0 Å². The molecule has 0 saturated carbocycles. The lowest BCUT2D eigenvalue weighted by molar-refractivity contribution is 1.31. The summed E-state index contributed by atoms with van der Waals surface area (Å²) in [5, 5.41) is 7.12. The van der Waals surface area contributed by atoms with Crippen molar-refractivity contribution in [3.63, 3.8) is 0 Å². The summed E-state index contributed by atoms with van der Waals surface area (Å²) < 4.78 is 0. The van der Waals surface area contributed by atoms with E-state index < -0.39 is 0 Å². The number of rotatable bonds is 2. The number of benzene rings is 1. The number of hydrogen-bond acceptors (Lipinski definition) is 4. The van der Waals surface area contributed by atoms with Crippen LogP contribution in [0.4, 0.5) is 5.13 Å². The Morgan fingerprint density at radius 2 is 1.88 bits per heavy atom. The zero-order chi connectivity index (χ0) is 11.7. The minimum absolute atomic E-state index is 0.912. The van der Waals surface area contributed by atoms with Crippen molar-refractivity contribution >= 4 is 27.4 Å². The van der Waals surface area contributed by atoms with E-state index in [1.54, 1.807) is 11.3 Å². The lowest BCUT2D eigenvalue weighted by atomic mass is 10.2. The third kappa shape index (κ3) is 1.87. The number of pyridine rings is 1. The SMILES string of the molecule is CNc1nc(-c2ccc3ccccc3n2)cs1. The van der Waals surface area contributed by atoms with Gasteiger partial charge in [0.2, 0.25) is 0 Å². The normalized spacial score (nSPS) is 10.6. The average Bonchev–Trinajstić information content (AvgIpc) is 2.87. The topological polar surface area (TPSA) is 37.8 Å². The summed E-state index contributed by atoms with van der Waals surface area (Å²) in [4.78, 5) is 9.06. The maximum Gasteiger partial charge on any atom is 0.183 e. The van der Waals surface area contributed by atoms with E-state index in [1.165, 1.54) is 0 Å². The second-order valence-corrected chi connectivity index (χ2v) is 4.54. The molecule has 1 aromatic carbocycles. The van der Waals surface area contributed by atoms with Crippen molar-refractivity contribution in [1.29, 1.82) is 0 Å². The molecule has 0 amide bonds. The molecule has 0 aliphatic carbocycles. The fourth-order valence-electron chi connectivity index (χ4n) is 1.71. The number of hydrogen-bond donors (Lipinski definition) is 1. The number of aromatic nitrogens is 2. The zero-order valence-corrected chi connectivity index (χ0v) is 10.2. The maximum atomic E-state index is 4.61. The Kier molecular flexibility index (Phi) is 2.49. The Balaban J connectivity index is 2.11. The molecule has 1 N–H and O–H groups in total. The number of para-hydroxylation sites is 1. The molecule has 0 aliphatic heterocycles. The van der Waals surface area contributed by atoms with Crippen molar-refractivity contribution in [2.75, 3.05) is 12.4 Å². The standard InChI is InChI=1S/C13H11N3S/c1-14-13-16-12(8-17-13)11-7-6-9-4-2-3-5-10(9)15-11/h2-8H,1H3,(H,14,16). The summed E-state index contributed by atoms with van der Waals surface area (Å²) in [7, 11) is 1.87. The third-order valence-electron chi connectivity index (χ3n) is 2.58. The van der Waals surface area contributed by atoms with Crippen LogP contribution in [-0.4, -0.2) is 17.0 Å². The quantitative estimate of drug-likeness (QED) is 0.747. The summed E-state index contributed by atoms with van der Waals surface area (Å²) in [6, 6.07) is 12.2. The first-order chi connectivity index (χ1) is 8.36. The molecule has 84 valence electrons. The molecular formula is C13H11N3S. The smallest absolute Gasteiger partial charge is 0.183 e. The van der Waals surface area contributed by atoms with Crippen LogP contribution in [0.1, 0.15) is 0 Å². The van der Waals surface area contributed by atoms with Gasteiger partial charge in [-0.25, -0.2) is 9.97 Å². The van der Waals surface area contributed by atoms with Crippen LogP contribution in [0.15, 0.2) is 41.8 Å². The molecule has 4 heteroatoms. The van der Waals surface area contributed by atoms with Gasteiger partial charge < -0.3 is 5.32 Å². The van der Waals surface area contributed by atoms with E-state index in [1.807, 2.05) is 36.7 Å². The van der Waals surface area contributed by atoms with Gasteiger partial charge in [-0.2, -0.15) is 0 Å². The molecule has 0 spiro atoms. The van der Waals surface area contributed by atoms with Crippen molar-refractivity contribution in [3.8, 4) is 11.4 Å². The van der Waals surface area contributed by atoms with Crippen LogP contribution in [0.3, 0.4) is 0 Å². The van der Waals surface area contributed by atoms with Crippen LogP contribution in [0.5, 0.6) is 0 Å². The number of nitrogens with one attached hydrogen (secondary N) is 1. The van der Waals surface area contributed by atoms with Crippen LogP contribution >= 0.6 is 11.3 Å². The molecule has 3 aromatic rings. The van der Waals surface area contributed by atoms with Crippen LogP contribution in [0.25, 0.3) is 22.3 Å². The van der Waals surface area contributed by atoms with Crippen LogP contribution < -0.4 is 5.32 Å². The zero-order valence-electron chi connectivity index (χ0n) is 9.34. The Morgan fingerprint density at radius 1 is 1.00 bits per heavy atom. The number of thiazole rings is 1. The lowest BCUT2D eigenvalue weighted by Gasteiger charge is -1.99. The van der Waals surface area contributed by atoms with Crippen molar-refractivity contribution in [2.45, 2.75) is 0 Å². The summed E-state index contributed by atoms with van der Waals surface area (Å²) in [6.07, 6.45) is 0. The van der Waals surface area contributed by atoms with Gasteiger partial charge in [-0.05, 0) is 12.1 Å². The summed E-state index contributed by atoms with van der Waals surface area (Å²) in [6.45, 7) is 0. The second kappa shape index (κ2) is 4.14. The Labute approximate surface area is 103 Å². The molecule has 0 saturated heterocycles. The van der Waals surface area contributed by atoms with Crippen molar-refractivity contribution in [1.82, 2.24) is 9.97 Å². The molecule has 0 atom stereocenters. The molecule has 0 fully saturated rings. The lowest BCUT2D eigenvalue weighted by Crippen LogP contribution is -1.88. The van der Waals surface area contributed by atoms with E-state index >= 15 is 0 Å². The van der Waals surface area contributed by atoms with E-state index in [0.29, 0.717) is 0 Å². The van der Waals surface area contributed by atoms with Gasteiger partial charge in [0, 0.05) is 17.8 Å². The molecule has 0 bridgehead atoms. The highest BCUT2D eigenvalue weighted by Crippen LogP contribution is 2.24. The van der Waals surface area contributed by atoms with Crippen molar-refractivity contribution < 1.29 is 0 Å². The maximum absolute atomic E-state index is 4.61. The fourth-order valence-corrected chi connectivity index (χ4v) is 2.38. The van der Waals surface area contributed by atoms with Gasteiger partial charge in [-0.3, -0.25) is 0 Å². The van der Waals surface area contributed by atoms with E-state index in [0.717, 1.165) is 27.4 Å². The van der Waals surface area contributed by atoms with Gasteiger partial charge in [-0.15, -0.1) is 11.3 Å². The third-order valence-corrected chi connectivity index (χ3v) is 3.44. The summed E-state index contributed by atoms with van der Waals surface area (Å²) >= 11 is 1.59. The highest BCUT2D eigenvalue weighted by Gasteiger charge is 2.05. The second-order valence-electron chi connectivity index (χ2n) is 3.68. The first-order valence-corrected chi connectivity index (χ1v) is 6.24. The van der Waals surface area contributed by atoms with Crippen LogP contribution in [-0.2, 0) is 0 Å². The molecule has 17 heavy (non-hydrogen) atoms. The number of nitrogens with zero attached hydrogens (tertiary/aromatic N) is 2. The van der Waals surface area contributed by atoms with Gasteiger partial charge in [0.05, 0.1) is 11.2 Å². The van der Waals surface area contributed by atoms with Crippen LogP contribution in [0.2, 0.25) is 0 Å². The Bertz CT molecular complexity index is 660. The summed E-state index contributed by atoms with van der Waals surface area (Å²) in [5.41, 5.74) is 2.84. The molecule has 2 aromatic heterocycles. The fraction of sp³-hybridized carbons (Fsp3) is 0.0769. The molecule has 0 unspecified atom stereocenters. The molecule has 0 aliphatic rings. The summed E-state index contributed by atoms with van der Waals surface area (Å²) in [5.74, 6) is 0. The Hall–Kier alpha value is -1.94. The largest absolute Gasteiger partial charge is 0.365 e. The minimum Gasteiger partial charge on any atom is -0.365 e. The van der Waals surface area contributed by atoms with Gasteiger partial charge in [0.25, 0.3) is 0 Å². The van der Waals surface area contributed by atoms with E-state index in [2.05, 4.69) is 27.4 Å². The molecule has 0 radical (unpaired) electrons. The first-order valence-electron chi connectivity index (χ1n) is 5.36. The predicted octanol–water partition coefficient (Wildman–Crippen LogP) is 3.40. The van der Waals surface area contributed by atoms with Crippen LogP contribution in [0, 0.1) is 0 Å². The number of fused-ring (bicyclic) bond motifs is 1. The van der Waals surface area contributed by atoms with Crippen molar-refractivity contribution in [2.24, 2.45) is 0 Å². The van der Waals surface area contributed by atoms with E-state index in [9.17, 15) is 0 Å². The Morgan fingerprint density at radius 3 is 2.71 bits per heavy atom. The molecule has 2 heterocycles. The van der Waals surface area contributed by atoms with Gasteiger partial charge >= 0.3 is 0 Å². The van der Waals surface area contributed by atoms with Gasteiger partial charge in [0.15, 0.2) is 5.13 Å². The minimum atomic E-state index is 0.912. The average molecular weight is 241 g/mol. The van der Waals surface area contributed by atoms with Gasteiger partial charge in [-0.1, -0.05) is 24.3 Å². The highest BCUT2D eigenvalue weighted by atomic mass is 32.1. The van der Waals surface area contributed by atoms with Crippen molar-refractivity contribution in [3.05, 3.63) is 41.8 Å². The predicted molar refractivity (Wildman–Crippen MR) is 72.4 cm³/mol. The number of anilines is 1. The monoisotopic (exact) mass is 241 g/mol. The van der Waals surface area contributed by atoms with E-state index in [-0.39, 0.29) is 0 Å². The molecule has 3 nitrogen and oxygen atoms in total. The highest BCUT2D eigenvalue weighted by molar-refractivity contribution is 7.14.